The zero-order valence-electron chi connectivity index (χ0n) is 10.5. The van der Waals surface area contributed by atoms with Gasteiger partial charge in [-0.25, -0.2) is 0 Å². The van der Waals surface area contributed by atoms with Crippen molar-refractivity contribution in [1.82, 2.24) is 9.88 Å². The standard InChI is InChI=1S/C13H16N2O4/c16-11-7-9(4-5-14-11)13(19)15-6-2-1-3-10(15)8-12(17)18/h4-5,7,10H,1-3,6,8H2,(H,14,16)(H,17,18). The highest BCUT2D eigenvalue weighted by Gasteiger charge is 2.29. The third-order valence-corrected chi connectivity index (χ3v) is 3.32. The minimum Gasteiger partial charge on any atom is -0.481 e. The Labute approximate surface area is 110 Å². The van der Waals surface area contributed by atoms with Crippen LogP contribution in [0.1, 0.15) is 36.0 Å². The molecule has 2 heterocycles. The first-order chi connectivity index (χ1) is 9.08. The van der Waals surface area contributed by atoms with E-state index in [9.17, 15) is 14.4 Å². The number of aliphatic carboxylic acids is 1. The molecule has 0 saturated carbocycles. The molecule has 102 valence electrons. The van der Waals surface area contributed by atoms with E-state index in [0.717, 1.165) is 12.8 Å². The summed E-state index contributed by atoms with van der Waals surface area (Å²) in [5, 5.41) is 8.89. The highest BCUT2D eigenvalue weighted by molar-refractivity contribution is 5.94. The first-order valence-corrected chi connectivity index (χ1v) is 6.29. The van der Waals surface area contributed by atoms with Gasteiger partial charge in [0, 0.05) is 30.4 Å². The molecule has 0 aliphatic carbocycles. The Morgan fingerprint density at radius 2 is 2.21 bits per heavy atom. The lowest BCUT2D eigenvalue weighted by atomic mass is 9.98. The molecule has 0 aromatic carbocycles. The van der Waals surface area contributed by atoms with Crippen LogP contribution in [0.3, 0.4) is 0 Å². The molecule has 1 amide bonds. The normalized spacial score (nSPS) is 19.2. The van der Waals surface area contributed by atoms with Gasteiger partial charge < -0.3 is 15.0 Å². The molecule has 2 rings (SSSR count). The van der Waals surface area contributed by atoms with E-state index in [0.29, 0.717) is 18.5 Å². The van der Waals surface area contributed by atoms with Gasteiger partial charge in [0.05, 0.1) is 6.42 Å². The van der Waals surface area contributed by atoms with E-state index in [1.165, 1.54) is 18.3 Å². The number of nitrogens with zero attached hydrogens (tertiary/aromatic N) is 1. The molecule has 2 N–H and O–H groups in total. The average molecular weight is 264 g/mol. The molecule has 1 aliphatic rings. The minimum atomic E-state index is -0.907. The lowest BCUT2D eigenvalue weighted by molar-refractivity contribution is -0.138. The lowest BCUT2D eigenvalue weighted by Gasteiger charge is -2.35. The molecule has 19 heavy (non-hydrogen) atoms. The van der Waals surface area contributed by atoms with Gasteiger partial charge in [0.15, 0.2) is 0 Å². The van der Waals surface area contributed by atoms with Crippen molar-refractivity contribution >= 4 is 11.9 Å². The Kier molecular flexibility index (Phi) is 3.99. The zero-order valence-corrected chi connectivity index (χ0v) is 10.5. The third-order valence-electron chi connectivity index (χ3n) is 3.32. The summed E-state index contributed by atoms with van der Waals surface area (Å²) >= 11 is 0. The Morgan fingerprint density at radius 3 is 2.89 bits per heavy atom. The van der Waals surface area contributed by atoms with Gasteiger partial charge in [-0.05, 0) is 25.3 Å². The van der Waals surface area contributed by atoms with E-state index in [-0.39, 0.29) is 23.9 Å². The molecule has 6 nitrogen and oxygen atoms in total. The van der Waals surface area contributed by atoms with Crippen LogP contribution >= 0.6 is 0 Å². The number of carboxylic acids is 1. The fraction of sp³-hybridized carbons (Fsp3) is 0.462. The topological polar surface area (TPSA) is 90.5 Å². The molecule has 1 unspecified atom stereocenters. The summed E-state index contributed by atoms with van der Waals surface area (Å²) in [7, 11) is 0. The van der Waals surface area contributed by atoms with Crippen LogP contribution in [0.15, 0.2) is 23.1 Å². The highest BCUT2D eigenvalue weighted by Crippen LogP contribution is 2.21. The number of aromatic amines is 1. The second-order valence-corrected chi connectivity index (χ2v) is 4.69. The number of amides is 1. The largest absolute Gasteiger partial charge is 0.481 e. The maximum atomic E-state index is 12.3. The number of hydrogen-bond donors (Lipinski definition) is 2. The van der Waals surface area contributed by atoms with Crippen molar-refractivity contribution in [2.45, 2.75) is 31.7 Å². The number of hydrogen-bond acceptors (Lipinski definition) is 3. The van der Waals surface area contributed by atoms with E-state index in [4.69, 9.17) is 5.11 Å². The van der Waals surface area contributed by atoms with E-state index in [2.05, 4.69) is 4.98 Å². The monoisotopic (exact) mass is 264 g/mol. The van der Waals surface area contributed by atoms with Crippen LogP contribution in [0.5, 0.6) is 0 Å². The molecule has 0 bridgehead atoms. The quantitative estimate of drug-likeness (QED) is 0.846. The Bertz CT molecular complexity index is 537. The number of carbonyl (C=O) groups excluding carboxylic acids is 1. The fourth-order valence-corrected chi connectivity index (χ4v) is 2.43. The Balaban J connectivity index is 2.19. The lowest BCUT2D eigenvalue weighted by Crippen LogP contribution is -2.45. The summed E-state index contributed by atoms with van der Waals surface area (Å²) in [6.45, 7) is 0.545. The second-order valence-electron chi connectivity index (χ2n) is 4.69. The minimum absolute atomic E-state index is 0.0467. The summed E-state index contributed by atoms with van der Waals surface area (Å²) < 4.78 is 0. The van der Waals surface area contributed by atoms with Crippen molar-refractivity contribution in [3.63, 3.8) is 0 Å². The molecule has 1 fully saturated rings. The molecule has 1 aromatic rings. The summed E-state index contributed by atoms with van der Waals surface area (Å²) in [5.41, 5.74) is -0.0290. The third kappa shape index (κ3) is 3.21. The molecule has 6 heteroatoms. The van der Waals surface area contributed by atoms with Crippen molar-refractivity contribution in [3.05, 3.63) is 34.2 Å². The Morgan fingerprint density at radius 1 is 1.42 bits per heavy atom. The summed E-state index contributed by atoms with van der Waals surface area (Å²) in [5.74, 6) is -1.17. The van der Waals surface area contributed by atoms with Crippen LogP contribution in [-0.4, -0.2) is 39.5 Å². The predicted octanol–water partition coefficient (Wildman–Crippen LogP) is 0.844. The van der Waals surface area contributed by atoms with Gasteiger partial charge in [-0.15, -0.1) is 0 Å². The van der Waals surface area contributed by atoms with Crippen molar-refractivity contribution in [2.75, 3.05) is 6.54 Å². The zero-order chi connectivity index (χ0) is 13.8. The van der Waals surface area contributed by atoms with Crippen molar-refractivity contribution in [3.8, 4) is 0 Å². The molecule has 0 spiro atoms. The van der Waals surface area contributed by atoms with Crippen molar-refractivity contribution in [2.24, 2.45) is 0 Å². The number of aromatic nitrogens is 1. The smallest absolute Gasteiger partial charge is 0.305 e. The molecule has 0 radical (unpaired) electrons. The maximum absolute atomic E-state index is 12.3. The first-order valence-electron chi connectivity index (χ1n) is 6.29. The number of likely N-dealkylation sites (tertiary alicyclic amines) is 1. The van der Waals surface area contributed by atoms with Crippen LogP contribution in [-0.2, 0) is 4.79 Å². The SMILES string of the molecule is O=C(O)CC1CCCCN1C(=O)c1cc[nH]c(=O)c1. The van der Waals surface area contributed by atoms with Crippen LogP contribution in [0.4, 0.5) is 0 Å². The second kappa shape index (κ2) is 5.69. The van der Waals surface area contributed by atoms with Crippen LogP contribution in [0.2, 0.25) is 0 Å². The van der Waals surface area contributed by atoms with Gasteiger partial charge >= 0.3 is 5.97 Å². The summed E-state index contributed by atoms with van der Waals surface area (Å²) in [4.78, 5) is 38.4. The summed E-state index contributed by atoms with van der Waals surface area (Å²) in [6.07, 6.45) is 3.87. The molecule has 1 atom stereocenters. The summed E-state index contributed by atoms with van der Waals surface area (Å²) in [6, 6.07) is 2.50. The molecule has 1 aliphatic heterocycles. The predicted molar refractivity (Wildman–Crippen MR) is 68.0 cm³/mol. The number of rotatable bonds is 3. The van der Waals surface area contributed by atoms with E-state index >= 15 is 0 Å². The van der Waals surface area contributed by atoms with Gasteiger partial charge in [0.25, 0.3) is 5.91 Å². The van der Waals surface area contributed by atoms with E-state index in [1.54, 1.807) is 4.90 Å². The van der Waals surface area contributed by atoms with Gasteiger partial charge in [0.2, 0.25) is 5.56 Å². The van der Waals surface area contributed by atoms with Crippen LogP contribution in [0, 0.1) is 0 Å². The van der Waals surface area contributed by atoms with Crippen LogP contribution in [0.25, 0.3) is 0 Å². The van der Waals surface area contributed by atoms with Crippen molar-refractivity contribution in [1.29, 1.82) is 0 Å². The van der Waals surface area contributed by atoms with E-state index in [1.807, 2.05) is 0 Å². The maximum Gasteiger partial charge on any atom is 0.305 e. The fourth-order valence-electron chi connectivity index (χ4n) is 2.43. The number of carbonyl (C=O) groups is 2. The number of carboxylic acid groups (broad SMARTS) is 1. The van der Waals surface area contributed by atoms with Gasteiger partial charge in [-0.2, -0.15) is 0 Å². The first kappa shape index (κ1) is 13.3. The van der Waals surface area contributed by atoms with Crippen molar-refractivity contribution < 1.29 is 14.7 Å². The number of H-pyrrole nitrogens is 1. The van der Waals surface area contributed by atoms with Gasteiger partial charge in [0.1, 0.15) is 0 Å². The molecule has 1 saturated heterocycles. The number of pyridine rings is 1. The average Bonchev–Trinajstić information content (AvgIpc) is 2.38. The van der Waals surface area contributed by atoms with Gasteiger partial charge in [-0.3, -0.25) is 14.4 Å². The van der Waals surface area contributed by atoms with Crippen LogP contribution < -0.4 is 5.56 Å². The Hall–Kier alpha value is -2.11. The van der Waals surface area contributed by atoms with Gasteiger partial charge in [-0.1, -0.05) is 0 Å². The molecular formula is C13H16N2O4. The molecule has 1 aromatic heterocycles. The number of piperidine rings is 1. The highest BCUT2D eigenvalue weighted by atomic mass is 16.4. The molecular weight excluding hydrogens is 248 g/mol. The number of nitrogens with one attached hydrogen (secondary N) is 1. The van der Waals surface area contributed by atoms with E-state index < -0.39 is 5.97 Å².